The lowest BCUT2D eigenvalue weighted by molar-refractivity contribution is 0.239. The lowest BCUT2D eigenvalue weighted by Gasteiger charge is -2.27. The Labute approximate surface area is 381 Å². The Hall–Kier alpha value is -4.30. The first-order valence-electron chi connectivity index (χ1n) is 21.4. The Morgan fingerprint density at radius 2 is 0.688 bits per heavy atom. The van der Waals surface area contributed by atoms with Crippen LogP contribution in [0.4, 0.5) is 0 Å². The van der Waals surface area contributed by atoms with Crippen molar-refractivity contribution in [3.63, 3.8) is 0 Å². The van der Waals surface area contributed by atoms with Crippen molar-refractivity contribution in [2.75, 3.05) is 52.4 Å². The van der Waals surface area contributed by atoms with E-state index in [1.165, 1.54) is 32.9 Å². The standard InChI is InChI=1S/C47H61N5O8S4/c1-39-14-22-44(23-15-39)61(53,54)48-30-8-34-51(63(57,58)46-26-18-41(3)19-27-46)36-10-32-50(38-43-12-6-5-7-13-43)33-11-37-52(64(59,60)47-28-20-42(4)21-29-47)35-9-31-49-62(55,56)45-24-16-40(2)17-25-45/h5-7,12-29,48-49H,8-11,30-38H2,1-4H3. The molecule has 0 bridgehead atoms. The first kappa shape index (κ1) is 50.7. The minimum Gasteiger partial charge on any atom is -0.299 e. The lowest BCUT2D eigenvalue weighted by atomic mass is 10.2. The largest absolute Gasteiger partial charge is 0.299 e. The van der Waals surface area contributed by atoms with Crippen LogP contribution in [0.15, 0.2) is 147 Å². The summed E-state index contributed by atoms with van der Waals surface area (Å²) in [4.78, 5) is 2.75. The summed E-state index contributed by atoms with van der Waals surface area (Å²) >= 11 is 0. The minimum atomic E-state index is -3.94. The fourth-order valence-electron chi connectivity index (χ4n) is 7.00. The maximum Gasteiger partial charge on any atom is 0.243 e. The molecule has 0 aliphatic heterocycles. The number of hydrogen-bond acceptors (Lipinski definition) is 9. The van der Waals surface area contributed by atoms with Crippen LogP contribution in [-0.2, 0) is 46.6 Å². The van der Waals surface area contributed by atoms with Gasteiger partial charge >= 0.3 is 0 Å². The van der Waals surface area contributed by atoms with E-state index >= 15 is 0 Å². The van der Waals surface area contributed by atoms with E-state index in [2.05, 4.69) is 14.3 Å². The summed E-state index contributed by atoms with van der Waals surface area (Å²) < 4.78 is 116. The summed E-state index contributed by atoms with van der Waals surface area (Å²) in [5.74, 6) is 0. The first-order valence-corrected chi connectivity index (χ1v) is 27.2. The summed E-state index contributed by atoms with van der Waals surface area (Å²) in [7, 11) is -15.4. The van der Waals surface area contributed by atoms with E-state index in [0.717, 1.165) is 27.8 Å². The lowest BCUT2D eigenvalue weighted by Crippen LogP contribution is -2.38. The van der Waals surface area contributed by atoms with Gasteiger partial charge in [-0.05, 0) is 121 Å². The van der Waals surface area contributed by atoms with Crippen LogP contribution in [-0.4, -0.2) is 99.5 Å². The molecule has 0 amide bonds. The smallest absolute Gasteiger partial charge is 0.243 e. The quantitative estimate of drug-likeness (QED) is 0.0579. The highest BCUT2D eigenvalue weighted by atomic mass is 32.2. The highest BCUT2D eigenvalue weighted by Gasteiger charge is 2.27. The molecule has 17 heteroatoms. The van der Waals surface area contributed by atoms with E-state index in [9.17, 15) is 33.7 Å². The van der Waals surface area contributed by atoms with Gasteiger partial charge in [-0.3, -0.25) is 4.90 Å². The molecular weight excluding hydrogens is 891 g/mol. The van der Waals surface area contributed by atoms with Crippen molar-refractivity contribution in [3.8, 4) is 0 Å². The molecule has 0 aliphatic carbocycles. The Balaban J connectivity index is 1.27. The summed E-state index contributed by atoms with van der Waals surface area (Å²) in [6.07, 6.45) is 1.37. The second-order valence-electron chi connectivity index (χ2n) is 16.0. The predicted molar refractivity (Wildman–Crippen MR) is 253 cm³/mol. The Bertz CT molecular complexity index is 2520. The van der Waals surface area contributed by atoms with Crippen molar-refractivity contribution in [1.82, 2.24) is 23.0 Å². The topological polar surface area (TPSA) is 170 Å². The number of rotatable bonds is 26. The molecule has 2 N–H and O–H groups in total. The van der Waals surface area contributed by atoms with Crippen molar-refractivity contribution in [1.29, 1.82) is 0 Å². The van der Waals surface area contributed by atoms with E-state index in [1.54, 1.807) is 72.8 Å². The highest BCUT2D eigenvalue weighted by Crippen LogP contribution is 2.21. The zero-order valence-electron chi connectivity index (χ0n) is 37.1. The number of sulfonamides is 4. The molecule has 5 aromatic rings. The molecule has 0 heterocycles. The van der Waals surface area contributed by atoms with Gasteiger partial charge < -0.3 is 0 Å². The molecule has 0 radical (unpaired) electrons. The van der Waals surface area contributed by atoms with E-state index in [1.807, 2.05) is 58.0 Å². The SMILES string of the molecule is Cc1ccc(S(=O)(=O)NCCCN(CCCN(CCCN(CCCNS(=O)(=O)c2ccc(C)cc2)S(=O)(=O)c2ccc(C)cc2)Cc2ccccc2)S(=O)(=O)c2ccc(C)cc2)cc1. The normalized spacial score (nSPS) is 12.7. The summed E-state index contributed by atoms with van der Waals surface area (Å²) in [5.41, 5.74) is 4.74. The molecule has 0 aliphatic rings. The third-order valence-corrected chi connectivity index (χ3v) is 17.5. The van der Waals surface area contributed by atoms with Gasteiger partial charge in [0.1, 0.15) is 0 Å². The zero-order chi connectivity index (χ0) is 46.4. The second kappa shape index (κ2) is 23.2. The van der Waals surface area contributed by atoms with E-state index in [0.29, 0.717) is 32.5 Å². The van der Waals surface area contributed by atoms with E-state index in [-0.39, 0.29) is 71.7 Å². The van der Waals surface area contributed by atoms with Gasteiger partial charge in [0.15, 0.2) is 0 Å². The van der Waals surface area contributed by atoms with Crippen molar-refractivity contribution >= 4 is 40.1 Å². The van der Waals surface area contributed by atoms with Crippen LogP contribution in [0.5, 0.6) is 0 Å². The van der Waals surface area contributed by atoms with Crippen molar-refractivity contribution in [3.05, 3.63) is 155 Å². The third-order valence-electron chi connectivity index (χ3n) is 10.7. The maximum absolute atomic E-state index is 14.1. The Kier molecular flexibility index (Phi) is 18.4. The Morgan fingerprint density at radius 1 is 0.375 bits per heavy atom. The van der Waals surface area contributed by atoms with Crippen LogP contribution in [0.1, 0.15) is 53.5 Å². The predicted octanol–water partition coefficient (Wildman–Crippen LogP) is 6.62. The monoisotopic (exact) mass is 951 g/mol. The number of nitrogens with zero attached hydrogens (tertiary/aromatic N) is 3. The zero-order valence-corrected chi connectivity index (χ0v) is 40.3. The van der Waals surface area contributed by atoms with Gasteiger partial charge in [0.25, 0.3) is 0 Å². The fourth-order valence-corrected chi connectivity index (χ4v) is 12.2. The van der Waals surface area contributed by atoms with Crippen LogP contribution in [0.2, 0.25) is 0 Å². The molecule has 0 spiro atoms. The number of benzene rings is 5. The molecule has 5 rings (SSSR count). The van der Waals surface area contributed by atoms with Crippen molar-refractivity contribution in [2.45, 2.75) is 79.5 Å². The first-order chi connectivity index (χ1) is 30.4. The van der Waals surface area contributed by atoms with Crippen molar-refractivity contribution in [2.24, 2.45) is 0 Å². The molecule has 0 atom stereocenters. The minimum absolute atomic E-state index is 0.0386. The van der Waals surface area contributed by atoms with Gasteiger partial charge in [-0.25, -0.2) is 43.1 Å². The average Bonchev–Trinajstić information content (AvgIpc) is 3.26. The summed E-state index contributed by atoms with van der Waals surface area (Å²) in [6, 6.07) is 36.1. The molecular formula is C47H61N5O8S4. The maximum atomic E-state index is 14.1. The molecule has 0 unspecified atom stereocenters. The number of aryl methyl sites for hydroxylation is 4. The van der Waals surface area contributed by atoms with E-state index < -0.39 is 40.1 Å². The van der Waals surface area contributed by atoms with Crippen molar-refractivity contribution < 1.29 is 33.7 Å². The highest BCUT2D eigenvalue weighted by molar-refractivity contribution is 7.90. The Morgan fingerprint density at radius 3 is 1.03 bits per heavy atom. The van der Waals surface area contributed by atoms with Gasteiger partial charge in [0, 0.05) is 45.8 Å². The van der Waals surface area contributed by atoms with E-state index in [4.69, 9.17) is 0 Å². The van der Waals surface area contributed by atoms with Crippen LogP contribution in [0, 0.1) is 27.7 Å². The van der Waals surface area contributed by atoms with Gasteiger partial charge in [-0.2, -0.15) is 8.61 Å². The van der Waals surface area contributed by atoms with Gasteiger partial charge in [-0.1, -0.05) is 101 Å². The van der Waals surface area contributed by atoms with Crippen LogP contribution >= 0.6 is 0 Å². The summed E-state index contributed by atoms with van der Waals surface area (Å²) in [6.45, 7) is 9.58. The molecule has 0 saturated carbocycles. The molecule has 0 saturated heterocycles. The third kappa shape index (κ3) is 14.9. The molecule has 0 fully saturated rings. The molecule has 64 heavy (non-hydrogen) atoms. The van der Waals surface area contributed by atoms with Gasteiger partial charge in [-0.15, -0.1) is 0 Å². The molecule has 346 valence electrons. The molecule has 5 aromatic carbocycles. The molecule has 13 nitrogen and oxygen atoms in total. The van der Waals surface area contributed by atoms with Crippen LogP contribution in [0.3, 0.4) is 0 Å². The van der Waals surface area contributed by atoms with Crippen LogP contribution < -0.4 is 9.44 Å². The number of hydrogen-bond donors (Lipinski definition) is 2. The number of nitrogens with one attached hydrogen (secondary N) is 2. The summed E-state index contributed by atoms with van der Waals surface area (Å²) in [5, 5.41) is 0. The second-order valence-corrected chi connectivity index (χ2v) is 23.4. The average molecular weight is 952 g/mol. The van der Waals surface area contributed by atoms with Gasteiger partial charge in [0.05, 0.1) is 19.6 Å². The van der Waals surface area contributed by atoms with Crippen LogP contribution in [0.25, 0.3) is 0 Å². The van der Waals surface area contributed by atoms with Gasteiger partial charge in [0.2, 0.25) is 40.1 Å². The fraction of sp³-hybridized carbons (Fsp3) is 0.362. The molecule has 0 aromatic heterocycles.